The summed E-state index contributed by atoms with van der Waals surface area (Å²) in [6.45, 7) is 3.92. The summed E-state index contributed by atoms with van der Waals surface area (Å²) < 4.78 is 5.33. The third-order valence-electron chi connectivity index (χ3n) is 5.20. The second-order valence-corrected chi connectivity index (χ2v) is 7.27. The summed E-state index contributed by atoms with van der Waals surface area (Å²) in [4.78, 5) is 8.72. The van der Waals surface area contributed by atoms with Crippen molar-refractivity contribution >= 4 is 41.5 Å². The maximum Gasteiger partial charge on any atom is 0.228 e. The van der Waals surface area contributed by atoms with Crippen LogP contribution >= 0.6 is 35.6 Å². The molecule has 1 heterocycles. The molecule has 1 aromatic heterocycles. The van der Waals surface area contributed by atoms with E-state index in [0.717, 1.165) is 18.1 Å². The van der Waals surface area contributed by atoms with Gasteiger partial charge in [0.1, 0.15) is 0 Å². The molecular formula is C19H27ClIN5O. The Balaban J connectivity index is 0.00000261. The number of aromatic nitrogens is 2. The Hall–Kier alpha value is -1.35. The highest BCUT2D eigenvalue weighted by atomic mass is 127. The maximum absolute atomic E-state index is 6.01. The van der Waals surface area contributed by atoms with Gasteiger partial charge in [0, 0.05) is 37.1 Å². The van der Waals surface area contributed by atoms with Crippen LogP contribution in [-0.4, -0.2) is 36.2 Å². The van der Waals surface area contributed by atoms with Gasteiger partial charge in [-0.2, -0.15) is 4.98 Å². The minimum Gasteiger partial charge on any atom is -0.356 e. The van der Waals surface area contributed by atoms with Crippen molar-refractivity contribution in [1.29, 1.82) is 0 Å². The van der Waals surface area contributed by atoms with Crippen LogP contribution in [0.1, 0.15) is 38.5 Å². The first-order chi connectivity index (χ1) is 12.6. The van der Waals surface area contributed by atoms with Crippen LogP contribution in [0.2, 0.25) is 5.02 Å². The van der Waals surface area contributed by atoms with Crippen molar-refractivity contribution in [2.75, 3.05) is 20.1 Å². The Kier molecular flexibility index (Phi) is 8.34. The van der Waals surface area contributed by atoms with Crippen LogP contribution in [0.25, 0.3) is 11.4 Å². The lowest BCUT2D eigenvalue weighted by molar-refractivity contribution is 0.131. The van der Waals surface area contributed by atoms with Crippen molar-refractivity contribution in [2.45, 2.75) is 39.0 Å². The highest BCUT2D eigenvalue weighted by Gasteiger charge is 2.34. The summed E-state index contributed by atoms with van der Waals surface area (Å²) in [7, 11) is 1.79. The SMILES string of the molecule is CCC1(CNC(=NC)NCCc2nc(-c3cccc(Cl)c3)no2)CCC1.I. The van der Waals surface area contributed by atoms with Gasteiger partial charge in [0.05, 0.1) is 0 Å². The van der Waals surface area contributed by atoms with E-state index >= 15 is 0 Å². The lowest BCUT2D eigenvalue weighted by Gasteiger charge is -2.41. The van der Waals surface area contributed by atoms with Crippen molar-refractivity contribution in [2.24, 2.45) is 10.4 Å². The summed E-state index contributed by atoms with van der Waals surface area (Å²) in [5.41, 5.74) is 1.30. The molecule has 1 saturated carbocycles. The zero-order valence-corrected chi connectivity index (χ0v) is 18.9. The predicted octanol–water partition coefficient (Wildman–Crippen LogP) is 4.30. The van der Waals surface area contributed by atoms with Gasteiger partial charge in [-0.3, -0.25) is 4.99 Å². The van der Waals surface area contributed by atoms with E-state index in [4.69, 9.17) is 16.1 Å². The topological polar surface area (TPSA) is 75.3 Å². The lowest BCUT2D eigenvalue weighted by atomic mass is 9.67. The Morgan fingerprint density at radius 2 is 2.15 bits per heavy atom. The quantitative estimate of drug-likeness (QED) is 0.335. The van der Waals surface area contributed by atoms with Crippen LogP contribution in [0.5, 0.6) is 0 Å². The molecule has 8 heteroatoms. The Morgan fingerprint density at radius 1 is 1.33 bits per heavy atom. The zero-order chi connectivity index (χ0) is 18.4. The smallest absolute Gasteiger partial charge is 0.228 e. The van der Waals surface area contributed by atoms with Crippen LogP contribution in [0.4, 0.5) is 0 Å². The van der Waals surface area contributed by atoms with E-state index in [9.17, 15) is 0 Å². The molecule has 0 saturated heterocycles. The number of benzene rings is 1. The van der Waals surface area contributed by atoms with Gasteiger partial charge in [0.2, 0.25) is 11.7 Å². The molecule has 1 fully saturated rings. The fourth-order valence-corrected chi connectivity index (χ4v) is 3.40. The van der Waals surface area contributed by atoms with E-state index in [1.165, 1.54) is 25.7 Å². The predicted molar refractivity (Wildman–Crippen MR) is 120 cm³/mol. The normalized spacial score (nSPS) is 15.6. The second-order valence-electron chi connectivity index (χ2n) is 6.83. The minimum atomic E-state index is 0. The average molecular weight is 504 g/mol. The van der Waals surface area contributed by atoms with Crippen molar-refractivity contribution in [3.8, 4) is 11.4 Å². The van der Waals surface area contributed by atoms with Gasteiger partial charge >= 0.3 is 0 Å². The van der Waals surface area contributed by atoms with Gasteiger partial charge < -0.3 is 15.2 Å². The van der Waals surface area contributed by atoms with Crippen LogP contribution < -0.4 is 10.6 Å². The van der Waals surface area contributed by atoms with Crippen molar-refractivity contribution < 1.29 is 4.52 Å². The summed E-state index contributed by atoms with van der Waals surface area (Å²) in [6.07, 6.45) is 5.80. The molecule has 0 amide bonds. The van der Waals surface area contributed by atoms with Gasteiger partial charge in [0.15, 0.2) is 5.96 Å². The van der Waals surface area contributed by atoms with Gasteiger partial charge in [-0.05, 0) is 36.8 Å². The molecule has 1 aromatic carbocycles. The molecule has 0 bridgehead atoms. The number of rotatable bonds is 7. The fourth-order valence-electron chi connectivity index (χ4n) is 3.21. The lowest BCUT2D eigenvalue weighted by Crippen LogP contribution is -2.46. The molecule has 0 spiro atoms. The highest BCUT2D eigenvalue weighted by molar-refractivity contribution is 14.0. The van der Waals surface area contributed by atoms with Gasteiger partial charge in [-0.1, -0.05) is 42.2 Å². The molecule has 3 rings (SSSR count). The Labute approximate surface area is 182 Å². The Morgan fingerprint density at radius 3 is 2.78 bits per heavy atom. The molecule has 1 aliphatic rings. The van der Waals surface area contributed by atoms with Crippen LogP contribution in [0, 0.1) is 5.41 Å². The summed E-state index contributed by atoms with van der Waals surface area (Å²) in [5, 5.41) is 11.4. The van der Waals surface area contributed by atoms with Crippen LogP contribution in [-0.2, 0) is 6.42 Å². The van der Waals surface area contributed by atoms with E-state index in [1.807, 2.05) is 24.3 Å². The molecular weight excluding hydrogens is 477 g/mol. The van der Waals surface area contributed by atoms with E-state index in [-0.39, 0.29) is 24.0 Å². The third-order valence-corrected chi connectivity index (χ3v) is 5.44. The molecule has 27 heavy (non-hydrogen) atoms. The first-order valence-corrected chi connectivity index (χ1v) is 9.55. The largest absolute Gasteiger partial charge is 0.356 e. The van der Waals surface area contributed by atoms with Gasteiger partial charge in [-0.15, -0.1) is 24.0 Å². The van der Waals surface area contributed by atoms with Crippen LogP contribution in [0.3, 0.4) is 0 Å². The molecule has 0 atom stereocenters. The number of aliphatic imine (C=N–C) groups is 1. The monoisotopic (exact) mass is 503 g/mol. The van der Waals surface area contributed by atoms with E-state index < -0.39 is 0 Å². The summed E-state index contributed by atoms with van der Waals surface area (Å²) in [5.74, 6) is 1.96. The zero-order valence-electron chi connectivity index (χ0n) is 15.8. The molecule has 1 aliphatic carbocycles. The molecule has 2 aromatic rings. The molecule has 0 aliphatic heterocycles. The Bertz CT molecular complexity index is 755. The summed E-state index contributed by atoms with van der Waals surface area (Å²) in [6, 6.07) is 7.43. The van der Waals surface area contributed by atoms with Crippen LogP contribution in [0.15, 0.2) is 33.8 Å². The first kappa shape index (κ1) is 21.9. The van der Waals surface area contributed by atoms with E-state index in [2.05, 4.69) is 32.7 Å². The van der Waals surface area contributed by atoms with E-state index in [1.54, 1.807) is 7.05 Å². The molecule has 6 nitrogen and oxygen atoms in total. The summed E-state index contributed by atoms with van der Waals surface area (Å²) >= 11 is 6.01. The van der Waals surface area contributed by atoms with Crippen molar-refractivity contribution in [3.05, 3.63) is 35.2 Å². The van der Waals surface area contributed by atoms with Crippen molar-refractivity contribution in [1.82, 2.24) is 20.8 Å². The van der Waals surface area contributed by atoms with Crippen molar-refractivity contribution in [3.63, 3.8) is 0 Å². The van der Waals surface area contributed by atoms with Gasteiger partial charge in [0.25, 0.3) is 0 Å². The molecule has 0 radical (unpaired) electrons. The third kappa shape index (κ3) is 5.81. The molecule has 148 valence electrons. The maximum atomic E-state index is 6.01. The molecule has 0 unspecified atom stereocenters. The number of nitrogens with one attached hydrogen (secondary N) is 2. The average Bonchev–Trinajstić information content (AvgIpc) is 3.08. The minimum absolute atomic E-state index is 0. The standard InChI is InChI=1S/C19H26ClN5O.HI/c1-3-19(9-5-10-19)13-23-18(21-2)22-11-8-16-24-17(25-26-16)14-6-4-7-15(20)12-14;/h4,6-7,12H,3,5,8-11,13H2,1-2H3,(H2,21,22,23);1H. The highest BCUT2D eigenvalue weighted by Crippen LogP contribution is 2.42. The second kappa shape index (κ2) is 10.3. The first-order valence-electron chi connectivity index (χ1n) is 9.17. The number of halogens is 2. The number of guanidine groups is 1. The fraction of sp³-hybridized carbons (Fsp3) is 0.526. The van der Waals surface area contributed by atoms with E-state index in [0.29, 0.717) is 35.1 Å². The number of hydrogen-bond donors (Lipinski definition) is 2. The number of hydrogen-bond acceptors (Lipinski definition) is 4. The van der Waals surface area contributed by atoms with Gasteiger partial charge in [-0.25, -0.2) is 0 Å². The number of nitrogens with zero attached hydrogens (tertiary/aromatic N) is 3. The molecule has 2 N–H and O–H groups in total.